The minimum absolute atomic E-state index is 0.0248. The van der Waals surface area contributed by atoms with Crippen LogP contribution in [0.5, 0.6) is 6.01 Å². The molecule has 4 heterocycles. The van der Waals surface area contributed by atoms with E-state index in [1.165, 1.54) is 10.9 Å². The maximum atomic E-state index is 10.9. The van der Waals surface area contributed by atoms with Gasteiger partial charge < -0.3 is 20.3 Å². The van der Waals surface area contributed by atoms with E-state index in [1.54, 1.807) is 0 Å². The Kier molecular flexibility index (Phi) is 4.85. The summed E-state index contributed by atoms with van der Waals surface area (Å²) in [6, 6.07) is 9.66. The lowest BCUT2D eigenvalue weighted by Crippen LogP contribution is -2.40. The lowest BCUT2D eigenvalue weighted by Gasteiger charge is -2.27. The second-order valence-corrected chi connectivity index (χ2v) is 8.55. The van der Waals surface area contributed by atoms with Crippen LogP contribution in [0.2, 0.25) is 0 Å². The van der Waals surface area contributed by atoms with Crippen molar-refractivity contribution in [2.75, 3.05) is 12.3 Å². The first-order valence-corrected chi connectivity index (χ1v) is 10.8. The Labute approximate surface area is 172 Å². The van der Waals surface area contributed by atoms with Crippen LogP contribution in [-0.4, -0.2) is 62.0 Å². The Balaban J connectivity index is 1.52. The van der Waals surface area contributed by atoms with Gasteiger partial charge in [0.1, 0.15) is 31.7 Å². The molecule has 4 N–H and O–H groups in total. The highest BCUT2D eigenvalue weighted by Crippen LogP contribution is 2.58. The fraction of sp³-hybridized carbons (Fsp3) is 0.353. The molecule has 2 saturated heterocycles. The van der Waals surface area contributed by atoms with Crippen molar-refractivity contribution in [3.63, 3.8) is 0 Å². The maximum Gasteiger partial charge on any atom is 0.488 e. The van der Waals surface area contributed by atoms with Crippen molar-refractivity contribution < 1.29 is 28.5 Å². The van der Waals surface area contributed by atoms with E-state index in [0.717, 1.165) is 5.56 Å². The molecule has 2 aromatic heterocycles. The molecule has 2 radical (unpaired) electrons. The van der Waals surface area contributed by atoms with Gasteiger partial charge >= 0.3 is 21.4 Å². The molecule has 0 aliphatic carbocycles. The third-order valence-electron chi connectivity index (χ3n) is 4.94. The van der Waals surface area contributed by atoms with Crippen molar-refractivity contribution in [3.8, 4) is 6.01 Å². The monoisotopic (exact) mass is 430 g/mol. The third-order valence-corrected chi connectivity index (χ3v) is 6.01. The fourth-order valence-corrected chi connectivity index (χ4v) is 4.57. The SMILES string of the molecule is [B][P+]1(O)OC[C@H]2O[C@@H](n3c(OCc4ccccc4)nc4c(N)ncnc43)[C@H](O)[C@@H]2O1. The predicted molar refractivity (Wildman–Crippen MR) is 106 cm³/mol. The molecule has 3 aromatic rings. The van der Waals surface area contributed by atoms with E-state index in [0.29, 0.717) is 11.2 Å². The van der Waals surface area contributed by atoms with Crippen LogP contribution in [0.15, 0.2) is 36.7 Å². The highest BCUT2D eigenvalue weighted by atomic mass is 31.2. The standard InChI is InChI=1S/C17H18BN5O6P/c18-30(25)27-7-10-13(29-30)12(24)16(28-10)23-15-11(14(19)20-8-21-15)22-17(23)26-6-9-4-2-1-3-5-9/h1-5,8,10,12-13,16,24-25H,6-7H2,(H2,19,20,21)/q+1/t10-,12-,13-,16-,30?/m1/s1. The Morgan fingerprint density at radius 3 is 2.90 bits per heavy atom. The van der Waals surface area contributed by atoms with Crippen LogP contribution >= 0.6 is 7.82 Å². The van der Waals surface area contributed by atoms with E-state index in [2.05, 4.69) is 15.0 Å². The molecule has 0 bridgehead atoms. The number of aliphatic hydroxyl groups is 1. The summed E-state index contributed by atoms with van der Waals surface area (Å²) in [5.41, 5.74) is 7.52. The van der Waals surface area contributed by atoms with E-state index in [9.17, 15) is 10.00 Å². The number of aromatic nitrogens is 4. The molecule has 5 atom stereocenters. The number of aliphatic hydroxyl groups excluding tert-OH is 1. The van der Waals surface area contributed by atoms with Crippen LogP contribution in [0.3, 0.4) is 0 Å². The lowest BCUT2D eigenvalue weighted by molar-refractivity contribution is -0.0626. The predicted octanol–water partition coefficient (Wildman–Crippen LogP) is 0.500. The van der Waals surface area contributed by atoms with Gasteiger partial charge in [0.2, 0.25) is 0 Å². The summed E-state index contributed by atoms with van der Waals surface area (Å²) < 4.78 is 23.8. The normalized spacial score (nSPS) is 31.0. The van der Waals surface area contributed by atoms with Gasteiger partial charge in [0.25, 0.3) is 0 Å². The quantitative estimate of drug-likeness (QED) is 0.395. The van der Waals surface area contributed by atoms with Gasteiger partial charge in [-0.05, 0) is 5.56 Å². The Hall–Kier alpha value is -2.34. The molecule has 0 spiro atoms. The molecule has 0 amide bonds. The topological polar surface area (TPSA) is 147 Å². The van der Waals surface area contributed by atoms with E-state index in [1.807, 2.05) is 30.3 Å². The van der Waals surface area contributed by atoms with Crippen LogP contribution in [0.1, 0.15) is 11.8 Å². The number of nitrogens with zero attached hydrogens (tertiary/aromatic N) is 4. The van der Waals surface area contributed by atoms with Crippen LogP contribution < -0.4 is 10.5 Å². The average Bonchev–Trinajstić information content (AvgIpc) is 3.25. The number of imidazole rings is 1. The second-order valence-electron chi connectivity index (χ2n) is 6.96. The van der Waals surface area contributed by atoms with E-state index in [4.69, 9.17) is 31.8 Å². The van der Waals surface area contributed by atoms with Gasteiger partial charge in [-0.2, -0.15) is 14.0 Å². The van der Waals surface area contributed by atoms with Crippen molar-refractivity contribution in [3.05, 3.63) is 42.2 Å². The summed E-state index contributed by atoms with van der Waals surface area (Å²) in [5.74, 6) is 0.162. The summed E-state index contributed by atoms with van der Waals surface area (Å²) in [6.07, 6.45) is -2.42. The van der Waals surface area contributed by atoms with Crippen LogP contribution in [-0.2, 0) is 20.4 Å². The zero-order chi connectivity index (χ0) is 20.9. The van der Waals surface area contributed by atoms with Gasteiger partial charge in [-0.1, -0.05) is 30.3 Å². The zero-order valence-corrected chi connectivity index (χ0v) is 16.5. The molecule has 30 heavy (non-hydrogen) atoms. The van der Waals surface area contributed by atoms with Crippen molar-refractivity contribution in [2.45, 2.75) is 31.1 Å². The highest BCUT2D eigenvalue weighted by Gasteiger charge is 2.57. The molecule has 11 nitrogen and oxygen atoms in total. The molecule has 154 valence electrons. The first-order valence-electron chi connectivity index (χ1n) is 9.15. The molecule has 2 aliphatic rings. The van der Waals surface area contributed by atoms with Crippen molar-refractivity contribution >= 4 is 32.4 Å². The van der Waals surface area contributed by atoms with Crippen molar-refractivity contribution in [1.29, 1.82) is 0 Å². The third kappa shape index (κ3) is 3.41. The Morgan fingerprint density at radius 2 is 2.10 bits per heavy atom. The van der Waals surface area contributed by atoms with E-state index < -0.39 is 32.4 Å². The Morgan fingerprint density at radius 1 is 1.30 bits per heavy atom. The van der Waals surface area contributed by atoms with E-state index in [-0.39, 0.29) is 25.0 Å². The van der Waals surface area contributed by atoms with Gasteiger partial charge in [0.15, 0.2) is 29.3 Å². The summed E-state index contributed by atoms with van der Waals surface area (Å²) in [7, 11) is 2.08. The number of rotatable bonds is 4. The van der Waals surface area contributed by atoms with Crippen LogP contribution in [0.4, 0.5) is 5.82 Å². The van der Waals surface area contributed by atoms with Gasteiger partial charge in [-0.3, -0.25) is 0 Å². The number of hydrogen-bond acceptors (Lipinski definition) is 10. The number of hydrogen-bond donors (Lipinski definition) is 3. The summed E-state index contributed by atoms with van der Waals surface area (Å²) in [6.45, 7) is 0.198. The number of benzene rings is 1. The summed E-state index contributed by atoms with van der Waals surface area (Å²) in [5, 5.41) is 10.9. The fourth-order valence-electron chi connectivity index (χ4n) is 3.54. The molecule has 1 aromatic carbocycles. The number of nitrogens with two attached hydrogens (primary N) is 1. The minimum Gasteiger partial charge on any atom is -0.460 e. The van der Waals surface area contributed by atoms with Crippen LogP contribution in [0.25, 0.3) is 11.2 Å². The van der Waals surface area contributed by atoms with Gasteiger partial charge in [-0.15, -0.1) is 0 Å². The van der Waals surface area contributed by atoms with Gasteiger partial charge in [0, 0.05) is 0 Å². The Bertz CT molecular complexity index is 1070. The summed E-state index contributed by atoms with van der Waals surface area (Å²) >= 11 is 0. The number of fused-ring (bicyclic) bond motifs is 2. The van der Waals surface area contributed by atoms with Gasteiger partial charge in [-0.25, -0.2) is 19.4 Å². The largest absolute Gasteiger partial charge is 0.488 e. The highest BCUT2D eigenvalue weighted by molar-refractivity contribution is 7.85. The number of nitrogen functional groups attached to an aromatic ring is 1. The smallest absolute Gasteiger partial charge is 0.460 e. The molecule has 2 aliphatic heterocycles. The molecule has 13 heteroatoms. The van der Waals surface area contributed by atoms with E-state index >= 15 is 0 Å². The molecule has 0 saturated carbocycles. The maximum absolute atomic E-state index is 10.9. The first kappa shape index (κ1) is 19.6. The number of ether oxygens (including phenoxy) is 2. The molecule has 1 unspecified atom stereocenters. The lowest BCUT2D eigenvalue weighted by atomic mass is 10.1. The molecule has 2 fully saturated rings. The zero-order valence-electron chi connectivity index (χ0n) is 15.6. The second kappa shape index (κ2) is 7.42. The van der Waals surface area contributed by atoms with Crippen molar-refractivity contribution in [1.82, 2.24) is 19.5 Å². The first-order chi connectivity index (χ1) is 14.4. The average molecular weight is 430 g/mol. The van der Waals surface area contributed by atoms with Gasteiger partial charge in [0.05, 0.1) is 0 Å². The molecule has 5 rings (SSSR count). The molecular formula is C17H18BN5O6P+. The summed E-state index contributed by atoms with van der Waals surface area (Å²) in [4.78, 5) is 22.5. The van der Waals surface area contributed by atoms with Crippen LogP contribution in [0, 0.1) is 0 Å². The van der Waals surface area contributed by atoms with Crippen molar-refractivity contribution in [2.24, 2.45) is 0 Å². The minimum atomic E-state index is -3.51. The molecular weight excluding hydrogens is 412 g/mol. The number of anilines is 1.